The predicted octanol–water partition coefficient (Wildman–Crippen LogP) is 10.2. The molecule has 1 radical (unpaired) electrons. The quantitative estimate of drug-likeness (QED) is 0.124. The normalized spacial score (nSPS) is 11.6. The number of Topliss-reactive ketones (excluding diaryl/α,β-unsaturated/α-hetero) is 1. The smallest absolute Gasteiger partial charge is 0.165 e. The number of hydrogen-bond acceptors (Lipinski definition) is 5. The summed E-state index contributed by atoms with van der Waals surface area (Å²) >= 11 is 0. The molecule has 6 heteroatoms. The van der Waals surface area contributed by atoms with E-state index in [1.54, 1.807) is 6.92 Å². The van der Waals surface area contributed by atoms with E-state index in [1.165, 1.54) is 11.1 Å². The maximum absolute atomic E-state index is 11.6. The first-order chi connectivity index (χ1) is 22.3. The Morgan fingerprint density at radius 1 is 0.542 bits per heavy atom. The summed E-state index contributed by atoms with van der Waals surface area (Å²) in [6.45, 7) is 14.8. The fourth-order valence-corrected chi connectivity index (χ4v) is 5.35. The summed E-state index contributed by atoms with van der Waals surface area (Å²) in [6.07, 6.45) is 1.81. The molecule has 0 aliphatic heterocycles. The Balaban J connectivity index is 0.00000451. The van der Waals surface area contributed by atoms with E-state index in [1.807, 2.05) is 60.8 Å². The maximum Gasteiger partial charge on any atom is 0.165 e. The summed E-state index contributed by atoms with van der Waals surface area (Å²) in [6, 6.07) is 37.9. The molecular weight excluding hydrogens is 769 g/mol. The summed E-state index contributed by atoms with van der Waals surface area (Å²) in [7, 11) is 0. The first kappa shape index (κ1) is 34.7. The third kappa shape index (κ3) is 7.73. The van der Waals surface area contributed by atoms with E-state index < -0.39 is 0 Å². The van der Waals surface area contributed by atoms with Gasteiger partial charge in [-0.2, -0.15) is 0 Å². The molecule has 0 aliphatic rings. The van der Waals surface area contributed by atoms with Gasteiger partial charge in [-0.15, -0.1) is 29.8 Å². The van der Waals surface area contributed by atoms with E-state index in [2.05, 4.69) is 96.1 Å². The zero-order valence-corrected chi connectivity index (χ0v) is 30.8. The summed E-state index contributed by atoms with van der Waals surface area (Å²) in [5.41, 5.74) is 9.73. The molecule has 2 aromatic heterocycles. The Morgan fingerprint density at radius 2 is 0.979 bits per heavy atom. The van der Waals surface area contributed by atoms with Crippen LogP contribution in [0.1, 0.15) is 70.0 Å². The number of ketones is 1. The fourth-order valence-electron chi connectivity index (χ4n) is 5.35. The van der Waals surface area contributed by atoms with Crippen molar-refractivity contribution < 1.29 is 24.9 Å². The van der Waals surface area contributed by atoms with Crippen LogP contribution >= 0.6 is 0 Å². The molecule has 0 aliphatic carbocycles. The van der Waals surface area contributed by atoms with Crippen LogP contribution in [0.4, 0.5) is 0 Å². The van der Waals surface area contributed by atoms with Crippen molar-refractivity contribution in [2.75, 3.05) is 0 Å². The number of benzene rings is 4. The van der Waals surface area contributed by atoms with Gasteiger partial charge >= 0.3 is 0 Å². The van der Waals surface area contributed by atoms with Crippen molar-refractivity contribution in [1.29, 1.82) is 0 Å². The summed E-state index contributed by atoms with van der Waals surface area (Å²) < 4.78 is 0. The molecule has 0 unspecified atom stereocenters. The van der Waals surface area contributed by atoms with E-state index in [4.69, 9.17) is 19.9 Å². The van der Waals surface area contributed by atoms with Gasteiger partial charge in [0.25, 0.3) is 0 Å². The number of carbonyl (C=O) groups excluding carboxylic acids is 1. The molecule has 0 atom stereocenters. The number of pyridine rings is 1. The van der Waals surface area contributed by atoms with E-state index in [-0.39, 0.29) is 36.7 Å². The Kier molecular flexibility index (Phi) is 10.0. The average Bonchev–Trinajstić information content (AvgIpc) is 3.07. The third-order valence-corrected chi connectivity index (χ3v) is 8.39. The Hall–Kier alpha value is -4.64. The molecule has 6 rings (SSSR count). The average molecular weight is 808 g/mol. The molecule has 48 heavy (non-hydrogen) atoms. The van der Waals surface area contributed by atoms with Crippen LogP contribution in [0.15, 0.2) is 109 Å². The van der Waals surface area contributed by atoms with Gasteiger partial charge in [-0.25, -0.2) is 15.0 Å². The second-order valence-electron chi connectivity index (χ2n) is 14.0. The molecule has 0 saturated heterocycles. The molecule has 0 amide bonds. The number of carbonyl (C=O) groups is 1. The van der Waals surface area contributed by atoms with Crippen molar-refractivity contribution in [1.82, 2.24) is 19.9 Å². The van der Waals surface area contributed by atoms with Crippen LogP contribution in [0.2, 0.25) is 0 Å². The standard InChI is InChI=1S/C42H39N4O.Ir/c1-27(47)28-8-10-29(11-9-28)30-12-14-31(15-13-30)37-25-20-34(26-43-37)40-45-38(32-16-21-35(22-17-32)41(2,3)4)44-39(46-40)33-18-23-36(24-19-33)42(5,6)7;/h8-14,16-26H,1-7H3;/q-1;. The zero-order valence-electron chi connectivity index (χ0n) is 28.4. The monoisotopic (exact) mass is 808 g/mol. The van der Waals surface area contributed by atoms with Crippen molar-refractivity contribution in [3.63, 3.8) is 0 Å². The van der Waals surface area contributed by atoms with Gasteiger partial charge in [0.2, 0.25) is 0 Å². The minimum Gasteiger partial charge on any atom is -0.304 e. The van der Waals surface area contributed by atoms with Gasteiger partial charge < -0.3 is 4.98 Å². The van der Waals surface area contributed by atoms with E-state index >= 15 is 0 Å². The number of hydrogen-bond donors (Lipinski definition) is 0. The fraction of sp³-hybridized carbons (Fsp3) is 0.214. The van der Waals surface area contributed by atoms with Crippen molar-refractivity contribution in [3.8, 4) is 56.5 Å². The van der Waals surface area contributed by atoms with Gasteiger partial charge in [0.1, 0.15) is 0 Å². The summed E-state index contributed by atoms with van der Waals surface area (Å²) in [5.74, 6) is 1.86. The first-order valence-corrected chi connectivity index (χ1v) is 15.9. The van der Waals surface area contributed by atoms with Gasteiger partial charge in [0.05, 0.1) is 0 Å². The third-order valence-electron chi connectivity index (χ3n) is 8.39. The molecular formula is C42H39IrN4O-. The van der Waals surface area contributed by atoms with Gasteiger partial charge in [0, 0.05) is 48.6 Å². The Bertz CT molecular complexity index is 1940. The Labute approximate surface area is 297 Å². The molecule has 2 heterocycles. The molecule has 0 N–H and O–H groups in total. The van der Waals surface area contributed by atoms with Crippen LogP contribution in [0.25, 0.3) is 56.5 Å². The molecule has 0 saturated carbocycles. The first-order valence-electron chi connectivity index (χ1n) is 15.9. The van der Waals surface area contributed by atoms with E-state index in [0.717, 1.165) is 39.1 Å². The van der Waals surface area contributed by atoms with Crippen molar-refractivity contribution in [2.24, 2.45) is 0 Å². The van der Waals surface area contributed by atoms with Crippen LogP contribution < -0.4 is 0 Å². The zero-order chi connectivity index (χ0) is 33.3. The van der Waals surface area contributed by atoms with Gasteiger partial charge in [-0.3, -0.25) is 4.79 Å². The number of nitrogens with zero attached hydrogens (tertiary/aromatic N) is 4. The topological polar surface area (TPSA) is 68.6 Å². The second kappa shape index (κ2) is 13.8. The minimum atomic E-state index is 0. The van der Waals surface area contributed by atoms with Crippen LogP contribution in [0.5, 0.6) is 0 Å². The van der Waals surface area contributed by atoms with Crippen molar-refractivity contribution in [2.45, 2.75) is 59.3 Å². The molecule has 0 bridgehead atoms. The van der Waals surface area contributed by atoms with Gasteiger partial charge in [0.15, 0.2) is 23.3 Å². The molecule has 0 fully saturated rings. The van der Waals surface area contributed by atoms with Crippen molar-refractivity contribution >= 4 is 5.78 Å². The van der Waals surface area contributed by atoms with E-state index in [0.29, 0.717) is 23.0 Å². The Morgan fingerprint density at radius 3 is 1.38 bits per heavy atom. The maximum atomic E-state index is 11.6. The van der Waals surface area contributed by atoms with E-state index in [9.17, 15) is 4.79 Å². The minimum absolute atomic E-state index is 0. The number of aromatic nitrogens is 4. The van der Waals surface area contributed by atoms with Gasteiger partial charge in [-0.1, -0.05) is 138 Å². The second-order valence-corrected chi connectivity index (χ2v) is 14.0. The van der Waals surface area contributed by atoms with Crippen LogP contribution in [-0.2, 0) is 30.9 Å². The van der Waals surface area contributed by atoms with Crippen LogP contribution in [0, 0.1) is 6.07 Å². The molecule has 243 valence electrons. The van der Waals surface area contributed by atoms with Crippen LogP contribution in [0.3, 0.4) is 0 Å². The molecule has 5 nitrogen and oxygen atoms in total. The molecule has 0 spiro atoms. The summed E-state index contributed by atoms with van der Waals surface area (Å²) in [5, 5.41) is 0. The summed E-state index contributed by atoms with van der Waals surface area (Å²) in [4.78, 5) is 31.2. The largest absolute Gasteiger partial charge is 0.304 e. The predicted molar refractivity (Wildman–Crippen MR) is 191 cm³/mol. The molecule has 4 aromatic carbocycles. The SMILES string of the molecule is CC(=O)c1ccc(-c2c[c-]c(-c3ccc(-c4nc(-c5ccc(C(C)(C)C)cc5)nc(-c5ccc(C(C)(C)C)cc5)n4)cn3)cc2)cc1.[Ir]. The number of rotatable bonds is 6. The molecule has 6 aromatic rings. The van der Waals surface area contributed by atoms with Gasteiger partial charge in [-0.05, 0) is 34.6 Å². The van der Waals surface area contributed by atoms with Crippen LogP contribution in [-0.4, -0.2) is 25.7 Å². The van der Waals surface area contributed by atoms with Crippen molar-refractivity contribution in [3.05, 3.63) is 132 Å².